The quantitative estimate of drug-likeness (QED) is 0.695. The van der Waals surface area contributed by atoms with Crippen LogP contribution in [-0.2, 0) is 14.8 Å². The molecule has 0 bridgehead atoms. The first kappa shape index (κ1) is 19.3. The molecule has 1 heterocycles. The van der Waals surface area contributed by atoms with Gasteiger partial charge in [-0.2, -0.15) is 0 Å². The Hall–Kier alpha value is 0.01000. The van der Waals surface area contributed by atoms with E-state index in [2.05, 4.69) is 55.3 Å². The van der Waals surface area contributed by atoms with E-state index in [1.165, 1.54) is 0 Å². The Morgan fingerprint density at radius 3 is 2.52 bits per heavy atom. The average Bonchev–Trinajstić information content (AvgIpc) is 2.50. The van der Waals surface area contributed by atoms with Gasteiger partial charge in [0.15, 0.2) is 0 Å². The van der Waals surface area contributed by atoms with Crippen molar-refractivity contribution in [2.75, 3.05) is 32.8 Å². The molecule has 1 aliphatic rings. The summed E-state index contributed by atoms with van der Waals surface area (Å²) in [5, 5.41) is 0. The van der Waals surface area contributed by atoms with Crippen molar-refractivity contribution in [2.45, 2.75) is 24.8 Å². The number of benzene rings is 1. The lowest BCUT2D eigenvalue weighted by Gasteiger charge is -2.36. The van der Waals surface area contributed by atoms with Crippen LogP contribution in [0.3, 0.4) is 0 Å². The fourth-order valence-corrected chi connectivity index (χ4v) is 5.20. The maximum Gasteiger partial charge on any atom is 0.241 e. The van der Waals surface area contributed by atoms with E-state index in [4.69, 9.17) is 4.74 Å². The van der Waals surface area contributed by atoms with Crippen molar-refractivity contribution in [3.63, 3.8) is 0 Å². The fourth-order valence-electron chi connectivity index (χ4n) is 2.65. The number of ether oxygens (including phenoxy) is 1. The van der Waals surface area contributed by atoms with Gasteiger partial charge >= 0.3 is 0 Å². The van der Waals surface area contributed by atoms with Gasteiger partial charge in [-0.15, -0.1) is 0 Å². The molecular weight excluding hydrogens is 448 g/mol. The Bertz CT molecular complexity index is 632. The maximum absolute atomic E-state index is 12.6. The summed E-state index contributed by atoms with van der Waals surface area (Å²) < 4.78 is 34.6. The first-order valence-electron chi connectivity index (χ1n) is 7.58. The van der Waals surface area contributed by atoms with E-state index in [1.807, 2.05) is 0 Å². The van der Waals surface area contributed by atoms with Gasteiger partial charge in [0.25, 0.3) is 0 Å². The van der Waals surface area contributed by atoms with E-state index in [0.29, 0.717) is 30.1 Å². The van der Waals surface area contributed by atoms with Crippen LogP contribution in [-0.4, -0.2) is 52.2 Å². The molecule has 130 valence electrons. The normalized spacial score (nSPS) is 18.3. The molecule has 1 atom stereocenters. The SMILES string of the molecule is CC(C)[C@H](CNS(=O)(=O)c1cc(Br)ccc1Br)N1CCOCC1. The molecule has 0 unspecified atom stereocenters. The van der Waals surface area contributed by atoms with Gasteiger partial charge in [0.1, 0.15) is 0 Å². The van der Waals surface area contributed by atoms with Crippen molar-refractivity contribution in [1.29, 1.82) is 0 Å². The molecule has 0 spiro atoms. The summed E-state index contributed by atoms with van der Waals surface area (Å²) in [6, 6.07) is 5.28. The van der Waals surface area contributed by atoms with Crippen LogP contribution in [0.15, 0.2) is 32.0 Å². The zero-order valence-corrected chi connectivity index (χ0v) is 17.2. The topological polar surface area (TPSA) is 58.6 Å². The van der Waals surface area contributed by atoms with Gasteiger partial charge in [-0.25, -0.2) is 13.1 Å². The van der Waals surface area contributed by atoms with Crippen molar-refractivity contribution in [1.82, 2.24) is 9.62 Å². The lowest BCUT2D eigenvalue weighted by Crippen LogP contribution is -2.51. The summed E-state index contributed by atoms with van der Waals surface area (Å²) in [5.41, 5.74) is 0. The summed E-state index contributed by atoms with van der Waals surface area (Å²) in [4.78, 5) is 2.54. The molecule has 1 fully saturated rings. The first-order chi connectivity index (χ1) is 10.8. The number of hydrogen-bond acceptors (Lipinski definition) is 4. The molecule has 0 amide bonds. The number of rotatable bonds is 6. The van der Waals surface area contributed by atoms with E-state index in [9.17, 15) is 8.42 Å². The van der Waals surface area contributed by atoms with Crippen LogP contribution in [0, 0.1) is 5.92 Å². The van der Waals surface area contributed by atoms with Gasteiger partial charge in [0.05, 0.1) is 18.1 Å². The highest BCUT2D eigenvalue weighted by Crippen LogP contribution is 2.25. The first-order valence-corrected chi connectivity index (χ1v) is 10.6. The van der Waals surface area contributed by atoms with E-state index in [1.54, 1.807) is 18.2 Å². The highest BCUT2D eigenvalue weighted by molar-refractivity contribution is 9.11. The number of morpholine rings is 1. The molecule has 1 aromatic rings. The van der Waals surface area contributed by atoms with Crippen LogP contribution >= 0.6 is 31.9 Å². The lowest BCUT2D eigenvalue weighted by molar-refractivity contribution is 0.00776. The van der Waals surface area contributed by atoms with E-state index in [-0.39, 0.29) is 10.9 Å². The van der Waals surface area contributed by atoms with Gasteiger partial charge in [0, 0.05) is 34.6 Å². The molecule has 2 rings (SSSR count). The Morgan fingerprint density at radius 1 is 1.26 bits per heavy atom. The van der Waals surface area contributed by atoms with E-state index < -0.39 is 10.0 Å². The molecule has 8 heteroatoms. The van der Waals surface area contributed by atoms with Gasteiger partial charge in [-0.3, -0.25) is 4.90 Å². The van der Waals surface area contributed by atoms with Gasteiger partial charge < -0.3 is 4.74 Å². The molecule has 1 N–H and O–H groups in total. The molecule has 23 heavy (non-hydrogen) atoms. The average molecular weight is 470 g/mol. The van der Waals surface area contributed by atoms with E-state index >= 15 is 0 Å². The van der Waals surface area contributed by atoms with Crippen LogP contribution in [0.1, 0.15) is 13.8 Å². The van der Waals surface area contributed by atoms with Crippen LogP contribution in [0.4, 0.5) is 0 Å². The van der Waals surface area contributed by atoms with E-state index in [0.717, 1.165) is 17.6 Å². The molecule has 1 aliphatic heterocycles. The standard InChI is InChI=1S/C15H22Br2N2O3S/c1-11(2)14(19-5-7-22-8-6-19)10-18-23(20,21)15-9-12(16)3-4-13(15)17/h3-4,9,11,14,18H,5-8,10H2,1-2H3/t14-/m0/s1. The molecule has 0 radical (unpaired) electrons. The summed E-state index contributed by atoms with van der Waals surface area (Å²) in [6.45, 7) is 7.70. The number of sulfonamides is 1. The van der Waals surface area contributed by atoms with Crippen molar-refractivity contribution in [2.24, 2.45) is 5.92 Å². The predicted molar refractivity (Wildman–Crippen MR) is 98.0 cm³/mol. The molecule has 0 aliphatic carbocycles. The lowest BCUT2D eigenvalue weighted by atomic mass is 10.0. The zero-order chi connectivity index (χ0) is 17.0. The Labute approximate surface area is 155 Å². The summed E-state index contributed by atoms with van der Waals surface area (Å²) in [6.07, 6.45) is 0. The highest BCUT2D eigenvalue weighted by Gasteiger charge is 2.26. The Morgan fingerprint density at radius 2 is 1.91 bits per heavy atom. The molecule has 5 nitrogen and oxygen atoms in total. The summed E-state index contributed by atoms with van der Waals surface area (Å²) >= 11 is 6.63. The highest BCUT2D eigenvalue weighted by atomic mass is 79.9. The molecular formula is C15H22Br2N2O3S. The molecule has 1 aromatic carbocycles. The zero-order valence-electron chi connectivity index (χ0n) is 13.3. The minimum Gasteiger partial charge on any atom is -0.379 e. The largest absolute Gasteiger partial charge is 0.379 e. The Kier molecular flexibility index (Phi) is 7.06. The number of nitrogens with one attached hydrogen (secondary N) is 1. The third-order valence-electron chi connectivity index (χ3n) is 3.95. The maximum atomic E-state index is 12.6. The number of halogens is 2. The smallest absolute Gasteiger partial charge is 0.241 e. The third kappa shape index (κ3) is 5.24. The second-order valence-electron chi connectivity index (χ2n) is 5.89. The van der Waals surface area contributed by atoms with Gasteiger partial charge in [-0.05, 0) is 40.0 Å². The predicted octanol–water partition coefficient (Wildman–Crippen LogP) is 2.85. The monoisotopic (exact) mass is 468 g/mol. The van der Waals surface area contributed by atoms with Crippen molar-refractivity contribution in [3.8, 4) is 0 Å². The van der Waals surface area contributed by atoms with Crippen molar-refractivity contribution < 1.29 is 13.2 Å². The van der Waals surface area contributed by atoms with Crippen LogP contribution in [0.5, 0.6) is 0 Å². The van der Waals surface area contributed by atoms with Gasteiger partial charge in [-0.1, -0.05) is 29.8 Å². The van der Waals surface area contributed by atoms with Gasteiger partial charge in [0.2, 0.25) is 10.0 Å². The Balaban J connectivity index is 2.11. The second kappa shape index (κ2) is 8.40. The van der Waals surface area contributed by atoms with Crippen LogP contribution in [0.25, 0.3) is 0 Å². The molecule has 1 saturated heterocycles. The van der Waals surface area contributed by atoms with Crippen LogP contribution < -0.4 is 4.72 Å². The fraction of sp³-hybridized carbons (Fsp3) is 0.600. The van der Waals surface area contributed by atoms with Crippen molar-refractivity contribution >= 4 is 41.9 Å². The minimum atomic E-state index is -3.57. The molecule has 0 saturated carbocycles. The van der Waals surface area contributed by atoms with Crippen molar-refractivity contribution in [3.05, 3.63) is 27.1 Å². The summed E-state index contributed by atoms with van der Waals surface area (Å²) in [7, 11) is -3.57. The number of hydrogen-bond donors (Lipinski definition) is 1. The number of nitrogens with zero attached hydrogens (tertiary/aromatic N) is 1. The minimum absolute atomic E-state index is 0.152. The van der Waals surface area contributed by atoms with Crippen LogP contribution in [0.2, 0.25) is 0 Å². The second-order valence-corrected chi connectivity index (χ2v) is 9.39. The molecule has 0 aromatic heterocycles. The third-order valence-corrected chi connectivity index (χ3v) is 6.86. The summed E-state index contributed by atoms with van der Waals surface area (Å²) in [5.74, 6) is 0.349.